The van der Waals surface area contributed by atoms with Crippen molar-refractivity contribution in [3.05, 3.63) is 35.9 Å². The molecule has 0 bridgehead atoms. The smallest absolute Gasteiger partial charge is 0.255 e. The highest BCUT2D eigenvalue weighted by atomic mass is 16.5. The lowest BCUT2D eigenvalue weighted by atomic mass is 10.1. The van der Waals surface area contributed by atoms with Crippen molar-refractivity contribution >= 4 is 23.2 Å². The molecule has 0 unspecified atom stereocenters. The Kier molecular flexibility index (Phi) is 8.34. The van der Waals surface area contributed by atoms with Crippen molar-refractivity contribution in [1.29, 1.82) is 0 Å². The van der Waals surface area contributed by atoms with E-state index in [4.69, 9.17) is 18.9 Å². The van der Waals surface area contributed by atoms with Gasteiger partial charge in [-0.2, -0.15) is 0 Å². The molecule has 0 fully saturated rings. The lowest BCUT2D eigenvalue weighted by Gasteiger charge is -2.15. The first-order valence-corrected chi connectivity index (χ1v) is 9.56. The van der Waals surface area contributed by atoms with Crippen LogP contribution in [0.4, 0.5) is 11.4 Å². The van der Waals surface area contributed by atoms with Crippen LogP contribution < -0.4 is 29.6 Å². The number of methoxy groups -OCH3 is 4. The Morgan fingerprint density at radius 3 is 2.00 bits per heavy atom. The van der Waals surface area contributed by atoms with Gasteiger partial charge in [0.15, 0.2) is 11.5 Å². The van der Waals surface area contributed by atoms with Crippen molar-refractivity contribution in [3.8, 4) is 23.0 Å². The van der Waals surface area contributed by atoms with E-state index in [1.54, 1.807) is 30.3 Å². The molecule has 0 aliphatic rings. The minimum Gasteiger partial charge on any atom is -0.495 e. The van der Waals surface area contributed by atoms with Gasteiger partial charge < -0.3 is 29.6 Å². The molecule has 0 heterocycles. The predicted octanol–water partition coefficient (Wildman–Crippen LogP) is 4.10. The van der Waals surface area contributed by atoms with Gasteiger partial charge in [0.25, 0.3) is 5.91 Å². The minimum absolute atomic E-state index is 0.108. The van der Waals surface area contributed by atoms with Crippen molar-refractivity contribution in [1.82, 2.24) is 0 Å². The number of hydrogen-bond acceptors (Lipinski definition) is 6. The van der Waals surface area contributed by atoms with Crippen LogP contribution in [0.2, 0.25) is 0 Å². The number of ether oxygens (including phenoxy) is 4. The summed E-state index contributed by atoms with van der Waals surface area (Å²) in [4.78, 5) is 24.9. The molecule has 2 aromatic carbocycles. The maximum atomic E-state index is 12.8. The number of nitrogens with one attached hydrogen (secondary N) is 2. The molecule has 162 valence electrons. The number of rotatable bonds is 10. The quantitative estimate of drug-likeness (QED) is 0.605. The van der Waals surface area contributed by atoms with Crippen LogP contribution in [0.5, 0.6) is 23.0 Å². The first-order chi connectivity index (χ1) is 14.5. The van der Waals surface area contributed by atoms with Gasteiger partial charge in [-0.25, -0.2) is 0 Å². The third-order valence-corrected chi connectivity index (χ3v) is 4.42. The molecule has 0 aliphatic heterocycles. The first kappa shape index (κ1) is 22.9. The molecule has 0 aliphatic carbocycles. The van der Waals surface area contributed by atoms with Crippen LogP contribution >= 0.6 is 0 Å². The van der Waals surface area contributed by atoms with E-state index in [0.717, 1.165) is 12.8 Å². The summed E-state index contributed by atoms with van der Waals surface area (Å²) >= 11 is 0. The SMILES string of the molecule is CCCCC(=O)Nc1cc(NC(=O)c2cc(OC)c(OC)c(OC)c2)ccc1OC. The molecule has 8 nitrogen and oxygen atoms in total. The third kappa shape index (κ3) is 5.56. The molecular weight excluding hydrogens is 388 g/mol. The summed E-state index contributed by atoms with van der Waals surface area (Å²) < 4.78 is 21.2. The molecule has 0 aromatic heterocycles. The number of carbonyl (C=O) groups is 2. The summed E-state index contributed by atoms with van der Waals surface area (Å²) in [6.45, 7) is 2.02. The fraction of sp³-hybridized carbons (Fsp3) is 0.364. The van der Waals surface area contributed by atoms with E-state index in [-0.39, 0.29) is 11.8 Å². The monoisotopic (exact) mass is 416 g/mol. The average molecular weight is 416 g/mol. The van der Waals surface area contributed by atoms with Crippen LogP contribution in [0, 0.1) is 0 Å². The van der Waals surface area contributed by atoms with Crippen molar-refractivity contribution < 1.29 is 28.5 Å². The van der Waals surface area contributed by atoms with Crippen LogP contribution in [-0.4, -0.2) is 40.3 Å². The van der Waals surface area contributed by atoms with Gasteiger partial charge in [-0.3, -0.25) is 9.59 Å². The molecular formula is C22H28N2O6. The Morgan fingerprint density at radius 2 is 1.47 bits per heavy atom. The summed E-state index contributed by atoms with van der Waals surface area (Å²) in [5, 5.41) is 5.64. The van der Waals surface area contributed by atoms with Crippen molar-refractivity contribution in [2.45, 2.75) is 26.2 Å². The van der Waals surface area contributed by atoms with E-state index >= 15 is 0 Å². The van der Waals surface area contributed by atoms with Crippen molar-refractivity contribution in [2.75, 3.05) is 39.1 Å². The molecule has 2 rings (SSSR count). The molecule has 0 saturated carbocycles. The topological polar surface area (TPSA) is 95.1 Å². The third-order valence-electron chi connectivity index (χ3n) is 4.42. The van der Waals surface area contributed by atoms with E-state index in [9.17, 15) is 9.59 Å². The maximum Gasteiger partial charge on any atom is 0.255 e. The Labute approximate surface area is 176 Å². The second-order valence-corrected chi connectivity index (χ2v) is 6.43. The zero-order chi connectivity index (χ0) is 22.1. The van der Waals surface area contributed by atoms with Gasteiger partial charge >= 0.3 is 0 Å². The predicted molar refractivity (Wildman–Crippen MR) is 115 cm³/mol. The Hall–Kier alpha value is -3.42. The van der Waals surface area contributed by atoms with Gasteiger partial charge in [0.1, 0.15) is 5.75 Å². The van der Waals surface area contributed by atoms with Gasteiger partial charge in [0.2, 0.25) is 11.7 Å². The Bertz CT molecular complexity index is 872. The van der Waals surface area contributed by atoms with Crippen LogP contribution in [-0.2, 0) is 4.79 Å². The van der Waals surface area contributed by atoms with E-state index < -0.39 is 0 Å². The number of unbranched alkanes of at least 4 members (excludes halogenated alkanes) is 1. The standard InChI is InChI=1S/C22H28N2O6/c1-6-7-8-20(25)24-16-13-15(9-10-17(16)27-2)23-22(26)14-11-18(28-3)21(30-5)19(12-14)29-4/h9-13H,6-8H2,1-5H3,(H,23,26)(H,24,25). The molecule has 0 spiro atoms. The van der Waals surface area contributed by atoms with Gasteiger partial charge in [0, 0.05) is 17.7 Å². The number of carbonyl (C=O) groups excluding carboxylic acids is 2. The second kappa shape index (κ2) is 10.9. The molecule has 30 heavy (non-hydrogen) atoms. The summed E-state index contributed by atoms with van der Waals surface area (Å²) in [5.41, 5.74) is 1.32. The number of anilines is 2. The van der Waals surface area contributed by atoms with Gasteiger partial charge in [-0.05, 0) is 36.8 Å². The number of hydrogen-bond donors (Lipinski definition) is 2. The largest absolute Gasteiger partial charge is 0.495 e. The Morgan fingerprint density at radius 1 is 0.833 bits per heavy atom. The lowest BCUT2D eigenvalue weighted by molar-refractivity contribution is -0.116. The lowest BCUT2D eigenvalue weighted by Crippen LogP contribution is -2.14. The molecule has 0 radical (unpaired) electrons. The fourth-order valence-corrected chi connectivity index (χ4v) is 2.85. The van der Waals surface area contributed by atoms with Crippen molar-refractivity contribution in [2.24, 2.45) is 0 Å². The van der Waals surface area contributed by atoms with Crippen molar-refractivity contribution in [3.63, 3.8) is 0 Å². The van der Waals surface area contributed by atoms with E-state index in [2.05, 4.69) is 10.6 Å². The molecule has 0 atom stereocenters. The van der Waals surface area contributed by atoms with E-state index in [1.807, 2.05) is 6.92 Å². The van der Waals surface area contributed by atoms with Crippen LogP contribution in [0.15, 0.2) is 30.3 Å². The van der Waals surface area contributed by atoms with Crippen LogP contribution in [0.25, 0.3) is 0 Å². The van der Waals surface area contributed by atoms with Gasteiger partial charge in [0.05, 0.1) is 34.1 Å². The zero-order valence-electron chi connectivity index (χ0n) is 18.0. The summed E-state index contributed by atoms with van der Waals surface area (Å²) in [6.07, 6.45) is 2.14. The molecule has 0 saturated heterocycles. The van der Waals surface area contributed by atoms with E-state index in [1.165, 1.54) is 28.4 Å². The fourth-order valence-electron chi connectivity index (χ4n) is 2.85. The minimum atomic E-state index is -0.373. The normalized spacial score (nSPS) is 10.2. The molecule has 8 heteroatoms. The summed E-state index contributed by atoms with van der Waals surface area (Å²) in [5.74, 6) is 1.18. The highest BCUT2D eigenvalue weighted by molar-refractivity contribution is 6.05. The Balaban J connectivity index is 2.26. The molecule has 2 aromatic rings. The molecule has 2 N–H and O–H groups in total. The average Bonchev–Trinajstić information content (AvgIpc) is 2.76. The summed E-state index contributed by atoms with van der Waals surface area (Å²) in [6, 6.07) is 8.15. The van der Waals surface area contributed by atoms with Crippen LogP contribution in [0.3, 0.4) is 0 Å². The highest BCUT2D eigenvalue weighted by Gasteiger charge is 2.18. The second-order valence-electron chi connectivity index (χ2n) is 6.43. The van der Waals surface area contributed by atoms with E-state index in [0.29, 0.717) is 46.4 Å². The number of benzene rings is 2. The number of amides is 2. The maximum absolute atomic E-state index is 12.8. The van der Waals surface area contributed by atoms with Gasteiger partial charge in [-0.1, -0.05) is 13.3 Å². The first-order valence-electron chi connectivity index (χ1n) is 9.56. The zero-order valence-corrected chi connectivity index (χ0v) is 18.0. The van der Waals surface area contributed by atoms with Gasteiger partial charge in [-0.15, -0.1) is 0 Å². The van der Waals surface area contributed by atoms with Crippen LogP contribution in [0.1, 0.15) is 36.5 Å². The highest BCUT2D eigenvalue weighted by Crippen LogP contribution is 2.38. The summed E-state index contributed by atoms with van der Waals surface area (Å²) in [7, 11) is 5.98. The molecule has 2 amide bonds.